The van der Waals surface area contributed by atoms with Gasteiger partial charge in [0.05, 0.1) is 0 Å². The van der Waals surface area contributed by atoms with Crippen LogP contribution in [0, 0.1) is 0 Å². The van der Waals surface area contributed by atoms with Gasteiger partial charge in [-0.25, -0.2) is 15.0 Å². The molecule has 0 aliphatic heterocycles. The van der Waals surface area contributed by atoms with E-state index in [4.69, 9.17) is 0 Å². The first-order valence-corrected chi connectivity index (χ1v) is 10.1. The SMILES string of the molecule is [Fe+2].c1ccc(-c2ncc[nH]2)nc1.c1ccc(-c2ncc[nH]2)nc1.c1ccc(-c2ncc[nH]2)nc1. The van der Waals surface area contributed by atoms with Crippen molar-refractivity contribution in [3.05, 3.63) is 110 Å². The summed E-state index contributed by atoms with van der Waals surface area (Å²) in [7, 11) is 0. The van der Waals surface area contributed by atoms with Crippen molar-refractivity contribution in [2.45, 2.75) is 0 Å². The van der Waals surface area contributed by atoms with Crippen LogP contribution in [0.4, 0.5) is 0 Å². The summed E-state index contributed by atoms with van der Waals surface area (Å²) in [6.07, 6.45) is 15.7. The number of aromatic nitrogens is 9. The largest absolute Gasteiger partial charge is 2.00 e. The van der Waals surface area contributed by atoms with Crippen molar-refractivity contribution in [2.24, 2.45) is 0 Å². The molecule has 6 rings (SSSR count). The van der Waals surface area contributed by atoms with Gasteiger partial charge < -0.3 is 15.0 Å². The topological polar surface area (TPSA) is 125 Å². The van der Waals surface area contributed by atoms with Gasteiger partial charge in [0.15, 0.2) is 17.5 Å². The zero-order valence-electron chi connectivity index (χ0n) is 17.9. The van der Waals surface area contributed by atoms with Crippen LogP contribution in [0.5, 0.6) is 0 Å². The fourth-order valence-electron chi connectivity index (χ4n) is 2.72. The van der Waals surface area contributed by atoms with E-state index in [0.29, 0.717) is 0 Å². The zero-order valence-corrected chi connectivity index (χ0v) is 19.0. The maximum atomic E-state index is 4.13. The molecule has 0 aliphatic carbocycles. The maximum Gasteiger partial charge on any atom is 2.00 e. The number of rotatable bonds is 3. The molecule has 6 heterocycles. The minimum Gasteiger partial charge on any atom is -0.343 e. The standard InChI is InChI=1S/3C8H7N3.Fe/c3*1-2-4-9-7(3-1)8-10-5-6-11-8;/h3*1-6H,(H,10,11);/q;;;+2. The summed E-state index contributed by atoms with van der Waals surface area (Å²) in [5, 5.41) is 0. The molecule has 0 bridgehead atoms. The first kappa shape index (κ1) is 24.2. The van der Waals surface area contributed by atoms with Gasteiger partial charge in [-0.05, 0) is 36.4 Å². The van der Waals surface area contributed by atoms with Crippen LogP contribution in [0.15, 0.2) is 110 Å². The number of nitrogens with one attached hydrogen (secondary N) is 3. The molecule has 0 atom stereocenters. The molecule has 0 unspecified atom stereocenters. The molecule has 0 spiro atoms. The van der Waals surface area contributed by atoms with E-state index in [-0.39, 0.29) is 17.1 Å². The van der Waals surface area contributed by atoms with E-state index >= 15 is 0 Å². The molecule has 0 saturated heterocycles. The third kappa shape index (κ3) is 7.06. The van der Waals surface area contributed by atoms with Gasteiger partial charge in [-0.1, -0.05) is 18.2 Å². The molecule has 9 nitrogen and oxygen atoms in total. The first-order valence-electron chi connectivity index (χ1n) is 10.1. The monoisotopic (exact) mass is 491 g/mol. The van der Waals surface area contributed by atoms with Crippen LogP contribution < -0.4 is 0 Å². The van der Waals surface area contributed by atoms with Crippen molar-refractivity contribution in [1.29, 1.82) is 0 Å². The minimum atomic E-state index is 0. The van der Waals surface area contributed by atoms with E-state index in [1.165, 1.54) is 0 Å². The number of nitrogens with zero attached hydrogens (tertiary/aromatic N) is 6. The second-order valence-corrected chi connectivity index (χ2v) is 6.46. The summed E-state index contributed by atoms with van der Waals surface area (Å²) in [6.45, 7) is 0. The quantitative estimate of drug-likeness (QED) is 0.315. The van der Waals surface area contributed by atoms with E-state index < -0.39 is 0 Å². The van der Waals surface area contributed by atoms with Crippen LogP contribution in [-0.4, -0.2) is 44.9 Å². The first-order chi connectivity index (χ1) is 16.4. The number of hydrogen-bond acceptors (Lipinski definition) is 6. The predicted molar refractivity (Wildman–Crippen MR) is 125 cm³/mol. The molecule has 168 valence electrons. The van der Waals surface area contributed by atoms with Gasteiger partial charge in [-0.2, -0.15) is 0 Å². The van der Waals surface area contributed by atoms with Gasteiger partial charge in [-0.15, -0.1) is 0 Å². The molecule has 6 aromatic heterocycles. The van der Waals surface area contributed by atoms with E-state index in [1.54, 1.807) is 55.8 Å². The van der Waals surface area contributed by atoms with E-state index in [1.807, 2.05) is 54.6 Å². The number of hydrogen-bond donors (Lipinski definition) is 3. The van der Waals surface area contributed by atoms with Crippen LogP contribution in [0.3, 0.4) is 0 Å². The van der Waals surface area contributed by atoms with Crippen molar-refractivity contribution in [3.8, 4) is 34.6 Å². The summed E-state index contributed by atoms with van der Waals surface area (Å²) in [6, 6.07) is 17.2. The average Bonchev–Trinajstić information content (AvgIpc) is 3.70. The molecular formula is C24H21FeN9+2. The fraction of sp³-hybridized carbons (Fsp3) is 0. The van der Waals surface area contributed by atoms with Crippen molar-refractivity contribution < 1.29 is 17.1 Å². The fourth-order valence-corrected chi connectivity index (χ4v) is 2.72. The van der Waals surface area contributed by atoms with E-state index in [0.717, 1.165) is 34.6 Å². The van der Waals surface area contributed by atoms with Gasteiger partial charge in [-0.3, -0.25) is 15.0 Å². The van der Waals surface area contributed by atoms with Gasteiger partial charge in [0.1, 0.15) is 17.1 Å². The Labute approximate surface area is 206 Å². The third-order valence-corrected chi connectivity index (χ3v) is 4.22. The molecule has 0 fully saturated rings. The molecule has 34 heavy (non-hydrogen) atoms. The van der Waals surface area contributed by atoms with E-state index in [2.05, 4.69) is 44.9 Å². The Bertz CT molecular complexity index is 1110. The molecule has 0 saturated carbocycles. The molecule has 10 heteroatoms. The molecule has 0 radical (unpaired) electrons. The van der Waals surface area contributed by atoms with Crippen molar-refractivity contribution >= 4 is 0 Å². The van der Waals surface area contributed by atoms with Crippen molar-refractivity contribution in [1.82, 2.24) is 44.9 Å². The Balaban J connectivity index is 0.000000141. The molecular weight excluding hydrogens is 470 g/mol. The Morgan fingerprint density at radius 2 is 0.706 bits per heavy atom. The predicted octanol–water partition coefficient (Wildman–Crippen LogP) is 4.41. The molecule has 0 aliphatic rings. The van der Waals surface area contributed by atoms with Crippen LogP contribution in [0.2, 0.25) is 0 Å². The third-order valence-electron chi connectivity index (χ3n) is 4.22. The Kier molecular flexibility index (Phi) is 9.42. The van der Waals surface area contributed by atoms with Gasteiger partial charge in [0.2, 0.25) is 0 Å². The molecule has 6 aromatic rings. The summed E-state index contributed by atoms with van der Waals surface area (Å²) < 4.78 is 0. The Morgan fingerprint density at radius 3 is 0.912 bits per heavy atom. The second-order valence-electron chi connectivity index (χ2n) is 6.46. The van der Waals surface area contributed by atoms with Crippen LogP contribution in [0.1, 0.15) is 0 Å². The van der Waals surface area contributed by atoms with Crippen LogP contribution in [-0.2, 0) is 17.1 Å². The summed E-state index contributed by atoms with van der Waals surface area (Å²) in [5.74, 6) is 2.43. The number of aromatic amines is 3. The van der Waals surface area contributed by atoms with Crippen molar-refractivity contribution in [3.63, 3.8) is 0 Å². The molecule has 0 aromatic carbocycles. The van der Waals surface area contributed by atoms with Crippen LogP contribution in [0.25, 0.3) is 34.6 Å². The van der Waals surface area contributed by atoms with Crippen LogP contribution >= 0.6 is 0 Å². The normalized spacial score (nSPS) is 9.53. The zero-order chi connectivity index (χ0) is 22.6. The van der Waals surface area contributed by atoms with Crippen molar-refractivity contribution in [2.75, 3.05) is 0 Å². The summed E-state index contributed by atoms with van der Waals surface area (Å²) >= 11 is 0. The molecule has 0 amide bonds. The number of pyridine rings is 3. The maximum absolute atomic E-state index is 4.13. The minimum absolute atomic E-state index is 0. The summed E-state index contributed by atoms with van der Waals surface area (Å²) in [5.41, 5.74) is 2.62. The van der Waals surface area contributed by atoms with Gasteiger partial charge in [0.25, 0.3) is 0 Å². The Hall–Kier alpha value is -4.40. The van der Waals surface area contributed by atoms with E-state index in [9.17, 15) is 0 Å². The van der Waals surface area contributed by atoms with Gasteiger partial charge >= 0.3 is 17.1 Å². The van der Waals surface area contributed by atoms with Gasteiger partial charge in [0, 0.05) is 55.8 Å². The average molecular weight is 491 g/mol. The second kappa shape index (κ2) is 13.2. The molecule has 3 N–H and O–H groups in total. The summed E-state index contributed by atoms with van der Waals surface area (Å²) in [4.78, 5) is 33.5. The number of imidazole rings is 3. The smallest absolute Gasteiger partial charge is 0.343 e. The number of H-pyrrole nitrogens is 3. The Morgan fingerprint density at radius 1 is 0.382 bits per heavy atom.